The molecule has 0 bridgehead atoms. The van der Waals surface area contributed by atoms with Gasteiger partial charge in [-0.2, -0.15) is 0 Å². The van der Waals surface area contributed by atoms with Crippen molar-refractivity contribution in [1.82, 2.24) is 19.1 Å². The van der Waals surface area contributed by atoms with Crippen LogP contribution in [0.25, 0.3) is 89.1 Å². The first-order valence-corrected chi connectivity index (χ1v) is 19.7. The molecule has 268 valence electrons. The maximum Gasteiger partial charge on any atom is 0.235 e. The molecule has 2 aliphatic carbocycles. The summed E-state index contributed by atoms with van der Waals surface area (Å²) in [5, 5.41) is 5.96. The first-order valence-electron chi connectivity index (χ1n) is 19.7. The van der Waals surface area contributed by atoms with Gasteiger partial charge >= 0.3 is 0 Å². The average molecular weight is 729 g/mol. The minimum atomic E-state index is -0.245. The van der Waals surface area contributed by atoms with Crippen molar-refractivity contribution in [3.05, 3.63) is 205 Å². The van der Waals surface area contributed by atoms with E-state index in [-0.39, 0.29) is 11.3 Å². The third kappa shape index (κ3) is 4.68. The number of benzene rings is 7. The van der Waals surface area contributed by atoms with Gasteiger partial charge in [0, 0.05) is 49.5 Å². The molecule has 57 heavy (non-hydrogen) atoms. The molecule has 0 N–H and O–H groups in total. The number of hydrogen-bond donors (Lipinski definition) is 0. The van der Waals surface area contributed by atoms with E-state index in [1.807, 2.05) is 0 Å². The lowest BCUT2D eigenvalue weighted by molar-refractivity contribution is 0.499. The second-order valence-corrected chi connectivity index (χ2v) is 15.6. The molecule has 3 aromatic heterocycles. The van der Waals surface area contributed by atoms with Crippen molar-refractivity contribution < 1.29 is 0 Å². The van der Waals surface area contributed by atoms with Crippen LogP contribution in [0, 0.1) is 5.41 Å². The Morgan fingerprint density at radius 1 is 0.509 bits per heavy atom. The van der Waals surface area contributed by atoms with Crippen LogP contribution in [0.15, 0.2) is 188 Å². The summed E-state index contributed by atoms with van der Waals surface area (Å²) in [6, 6.07) is 58.9. The molecule has 2 aliphatic rings. The Kier molecular flexibility index (Phi) is 6.79. The predicted molar refractivity (Wildman–Crippen MR) is 237 cm³/mol. The van der Waals surface area contributed by atoms with Crippen LogP contribution >= 0.6 is 0 Å². The summed E-state index contributed by atoms with van der Waals surface area (Å²) in [4.78, 5) is 10.6. The lowest BCUT2D eigenvalue weighted by atomic mass is 9.61. The molecule has 4 nitrogen and oxygen atoms in total. The zero-order chi connectivity index (χ0) is 37.7. The second kappa shape index (κ2) is 12.1. The topological polar surface area (TPSA) is 35.6 Å². The van der Waals surface area contributed by atoms with Gasteiger partial charge in [0.25, 0.3) is 0 Å². The van der Waals surface area contributed by atoms with Crippen LogP contribution in [0.5, 0.6) is 0 Å². The molecule has 0 radical (unpaired) electrons. The molecule has 2 unspecified atom stereocenters. The molecule has 0 aliphatic heterocycles. The Bertz CT molecular complexity index is 3360. The molecule has 0 fully saturated rings. The highest BCUT2D eigenvalue weighted by atomic mass is 15.2. The van der Waals surface area contributed by atoms with E-state index in [1.165, 1.54) is 60.5 Å². The van der Waals surface area contributed by atoms with Crippen LogP contribution < -0.4 is 0 Å². The Morgan fingerprint density at radius 2 is 1.16 bits per heavy atom. The number of hydrogen-bond acceptors (Lipinski definition) is 2. The zero-order valence-corrected chi connectivity index (χ0v) is 31.3. The number of allylic oxidation sites excluding steroid dienone is 5. The van der Waals surface area contributed by atoms with Gasteiger partial charge in [-0.05, 0) is 82.9 Å². The van der Waals surface area contributed by atoms with Crippen LogP contribution in [0.4, 0.5) is 0 Å². The number of aromatic nitrogens is 4. The fraction of sp³-hybridized carbons (Fsp3) is 0.0566. The van der Waals surface area contributed by atoms with Gasteiger partial charge in [0.2, 0.25) is 5.95 Å². The minimum Gasteiger partial charge on any atom is -0.309 e. The molecule has 3 heterocycles. The Hall–Kier alpha value is -7.30. The smallest absolute Gasteiger partial charge is 0.235 e. The van der Waals surface area contributed by atoms with Crippen molar-refractivity contribution >= 4 is 66.2 Å². The predicted octanol–water partition coefficient (Wildman–Crippen LogP) is 13.3. The van der Waals surface area contributed by atoms with Crippen molar-refractivity contribution in [1.29, 1.82) is 0 Å². The third-order valence-electron chi connectivity index (χ3n) is 12.4. The van der Waals surface area contributed by atoms with E-state index in [9.17, 15) is 0 Å². The molecule has 12 rings (SSSR count). The van der Waals surface area contributed by atoms with E-state index >= 15 is 0 Å². The minimum absolute atomic E-state index is 0.159. The van der Waals surface area contributed by atoms with Gasteiger partial charge in [-0.3, -0.25) is 4.57 Å². The standard InChI is InChI=1S/C53H36N4/c1-53-29-15-14-23-44(53)41-33-43-39-21-10-13-26-48(39)57(52-54-46-24-11-8-22-40(46)51(55-52)34-16-4-2-5-17-34)50(43)32-36(41)31-45(53)35-27-28-49-42(30-35)38-20-9-12-25-47(38)56(49)37-18-6-3-7-19-37/h2-33,44H,1H3. The quantitative estimate of drug-likeness (QED) is 0.181. The van der Waals surface area contributed by atoms with Crippen molar-refractivity contribution in [3.63, 3.8) is 0 Å². The fourth-order valence-corrected chi connectivity index (χ4v) is 9.76. The number of fused-ring (bicyclic) bond motifs is 10. The largest absolute Gasteiger partial charge is 0.309 e. The molecule has 0 amide bonds. The Labute approximate surface area is 330 Å². The Morgan fingerprint density at radius 3 is 1.95 bits per heavy atom. The molecule has 0 saturated heterocycles. The summed E-state index contributed by atoms with van der Waals surface area (Å²) < 4.78 is 4.66. The SMILES string of the molecule is CC12C=CC=CC1c1cc3c4ccccc4n(-c4nc(-c5ccccc5)c5ccccc5n4)c3cc1C=C2c1ccc2c(c1)c1ccccc1n2-c1ccccc1. The highest BCUT2D eigenvalue weighted by Crippen LogP contribution is 2.56. The maximum absolute atomic E-state index is 5.36. The normalized spacial score (nSPS) is 17.4. The van der Waals surface area contributed by atoms with E-state index in [2.05, 4.69) is 210 Å². The van der Waals surface area contributed by atoms with Gasteiger partial charge in [-0.15, -0.1) is 0 Å². The first-order chi connectivity index (χ1) is 28.1. The molecule has 7 aromatic carbocycles. The molecular formula is C53H36N4. The summed E-state index contributed by atoms with van der Waals surface area (Å²) in [6.45, 7) is 2.41. The zero-order valence-electron chi connectivity index (χ0n) is 31.3. The van der Waals surface area contributed by atoms with Gasteiger partial charge in [0.05, 0.1) is 33.3 Å². The first kappa shape index (κ1) is 32.0. The summed E-state index contributed by atoms with van der Waals surface area (Å²) in [6.07, 6.45) is 11.7. The van der Waals surface area contributed by atoms with Crippen molar-refractivity contribution in [2.75, 3.05) is 0 Å². The van der Waals surface area contributed by atoms with Gasteiger partial charge < -0.3 is 4.57 Å². The lowest BCUT2D eigenvalue weighted by Gasteiger charge is -2.42. The second-order valence-electron chi connectivity index (χ2n) is 15.6. The van der Waals surface area contributed by atoms with E-state index in [0.29, 0.717) is 5.95 Å². The highest BCUT2D eigenvalue weighted by molar-refractivity contribution is 6.12. The van der Waals surface area contributed by atoms with Crippen LogP contribution in [0.1, 0.15) is 29.5 Å². The van der Waals surface area contributed by atoms with E-state index < -0.39 is 0 Å². The van der Waals surface area contributed by atoms with Crippen molar-refractivity contribution in [2.45, 2.75) is 12.8 Å². The van der Waals surface area contributed by atoms with E-state index in [0.717, 1.165) is 33.2 Å². The van der Waals surface area contributed by atoms with Crippen molar-refractivity contribution in [3.8, 4) is 22.9 Å². The number of para-hydroxylation sites is 4. The summed E-state index contributed by atoms with van der Waals surface area (Å²) in [7, 11) is 0. The maximum atomic E-state index is 5.36. The molecule has 0 saturated carbocycles. The van der Waals surface area contributed by atoms with Crippen LogP contribution in [-0.2, 0) is 0 Å². The fourth-order valence-electron chi connectivity index (χ4n) is 9.76. The van der Waals surface area contributed by atoms with Gasteiger partial charge in [0.1, 0.15) is 0 Å². The summed E-state index contributed by atoms with van der Waals surface area (Å²) in [5.41, 5.74) is 13.6. The molecule has 10 aromatic rings. The van der Waals surface area contributed by atoms with E-state index in [4.69, 9.17) is 9.97 Å². The average Bonchev–Trinajstić information content (AvgIpc) is 3.77. The van der Waals surface area contributed by atoms with Crippen LogP contribution in [0.3, 0.4) is 0 Å². The highest BCUT2D eigenvalue weighted by Gasteiger charge is 2.41. The summed E-state index contributed by atoms with van der Waals surface area (Å²) >= 11 is 0. The molecule has 0 spiro atoms. The van der Waals surface area contributed by atoms with Crippen molar-refractivity contribution in [2.24, 2.45) is 5.41 Å². The monoisotopic (exact) mass is 728 g/mol. The van der Waals surface area contributed by atoms with Gasteiger partial charge in [-0.25, -0.2) is 9.97 Å². The summed E-state index contributed by atoms with van der Waals surface area (Å²) in [5.74, 6) is 0.830. The third-order valence-corrected chi connectivity index (χ3v) is 12.4. The number of nitrogens with zero attached hydrogens (tertiary/aromatic N) is 4. The molecular weight excluding hydrogens is 693 g/mol. The van der Waals surface area contributed by atoms with Crippen LogP contribution in [0.2, 0.25) is 0 Å². The van der Waals surface area contributed by atoms with Gasteiger partial charge in [0.15, 0.2) is 0 Å². The Balaban J connectivity index is 1.11. The van der Waals surface area contributed by atoms with Gasteiger partial charge in [-0.1, -0.05) is 140 Å². The number of rotatable bonds is 4. The molecule has 2 atom stereocenters. The van der Waals surface area contributed by atoms with E-state index in [1.54, 1.807) is 0 Å². The lowest BCUT2D eigenvalue weighted by Crippen LogP contribution is -2.28. The van der Waals surface area contributed by atoms with Crippen LogP contribution in [-0.4, -0.2) is 19.1 Å². The molecule has 4 heteroatoms.